The van der Waals surface area contributed by atoms with Crippen molar-refractivity contribution >= 4 is 40.6 Å². The molecular formula is C32H38N2O6S. The molecule has 2 heterocycles. The van der Waals surface area contributed by atoms with Crippen LogP contribution in [-0.4, -0.2) is 40.3 Å². The maximum Gasteiger partial charge on any atom is 0.341 e. The molecule has 0 radical (unpaired) electrons. The van der Waals surface area contributed by atoms with Gasteiger partial charge in [0.2, 0.25) is 0 Å². The number of aromatic nitrogens is 2. The van der Waals surface area contributed by atoms with E-state index in [1.54, 1.807) is 25.3 Å². The summed E-state index contributed by atoms with van der Waals surface area (Å²) in [7, 11) is 3.09. The molecular weight excluding hydrogens is 540 g/mol. The van der Waals surface area contributed by atoms with Crippen molar-refractivity contribution in [3.05, 3.63) is 53.1 Å². The molecule has 6 rings (SSSR count). The molecule has 0 saturated heterocycles. The lowest BCUT2D eigenvalue weighted by molar-refractivity contribution is -0.185. The maximum atomic E-state index is 13.2. The fourth-order valence-electron chi connectivity index (χ4n) is 6.24. The van der Waals surface area contributed by atoms with Crippen molar-refractivity contribution in [3.8, 4) is 11.5 Å². The Balaban J connectivity index is 0.000000365. The first-order valence-corrected chi connectivity index (χ1v) is 15.3. The first kappa shape index (κ1) is 29.2. The molecule has 2 aromatic carbocycles. The molecule has 1 aliphatic heterocycles. The first-order valence-electron chi connectivity index (χ1n) is 14.6. The minimum atomic E-state index is -1.88. The van der Waals surface area contributed by atoms with Gasteiger partial charge in [0, 0.05) is 17.1 Å². The SMILES string of the molecule is COc1ccc(C2(O)OC(=O)C(c3ccc4nsnc4c3)=C2CC2CCCCC2)cc1OC.O=CC1CCCCC1. The van der Waals surface area contributed by atoms with Gasteiger partial charge in [0.25, 0.3) is 5.79 Å². The van der Waals surface area contributed by atoms with Crippen molar-refractivity contribution in [2.24, 2.45) is 11.8 Å². The highest BCUT2D eigenvalue weighted by atomic mass is 32.1. The van der Waals surface area contributed by atoms with Crippen LogP contribution >= 0.6 is 11.7 Å². The van der Waals surface area contributed by atoms with Crippen LogP contribution in [0.3, 0.4) is 0 Å². The van der Waals surface area contributed by atoms with Crippen molar-refractivity contribution in [1.82, 2.24) is 8.75 Å². The molecule has 41 heavy (non-hydrogen) atoms. The van der Waals surface area contributed by atoms with Crippen LogP contribution in [-0.2, 0) is 20.1 Å². The second-order valence-corrected chi connectivity index (χ2v) is 11.7. The molecule has 2 saturated carbocycles. The number of hydrogen-bond donors (Lipinski definition) is 1. The molecule has 2 aliphatic carbocycles. The van der Waals surface area contributed by atoms with E-state index in [0.717, 1.165) is 67.6 Å². The number of esters is 1. The van der Waals surface area contributed by atoms with E-state index in [0.29, 0.717) is 52.0 Å². The van der Waals surface area contributed by atoms with Gasteiger partial charge in [-0.2, -0.15) is 8.75 Å². The van der Waals surface area contributed by atoms with Gasteiger partial charge in [-0.3, -0.25) is 0 Å². The average molecular weight is 579 g/mol. The lowest BCUT2D eigenvalue weighted by Crippen LogP contribution is -2.30. The zero-order valence-corrected chi connectivity index (χ0v) is 24.6. The minimum Gasteiger partial charge on any atom is -0.493 e. The van der Waals surface area contributed by atoms with E-state index in [9.17, 15) is 14.7 Å². The predicted molar refractivity (Wildman–Crippen MR) is 158 cm³/mol. The zero-order valence-electron chi connectivity index (χ0n) is 23.8. The van der Waals surface area contributed by atoms with E-state index < -0.39 is 11.8 Å². The largest absolute Gasteiger partial charge is 0.493 e. The Morgan fingerprint density at radius 1 is 0.927 bits per heavy atom. The summed E-state index contributed by atoms with van der Waals surface area (Å²) in [4.78, 5) is 23.4. The van der Waals surface area contributed by atoms with E-state index in [4.69, 9.17) is 14.2 Å². The number of carbonyl (C=O) groups excluding carboxylic acids is 2. The number of methoxy groups -OCH3 is 2. The third kappa shape index (κ3) is 6.31. The number of hydrogen-bond acceptors (Lipinski definition) is 9. The summed E-state index contributed by atoms with van der Waals surface area (Å²) in [6.07, 6.45) is 13.5. The van der Waals surface area contributed by atoms with Gasteiger partial charge in [-0.05, 0) is 61.1 Å². The fourth-order valence-corrected chi connectivity index (χ4v) is 6.76. The molecule has 1 aromatic heterocycles. The van der Waals surface area contributed by atoms with Gasteiger partial charge in [-0.1, -0.05) is 57.4 Å². The summed E-state index contributed by atoms with van der Waals surface area (Å²) in [6.45, 7) is 0. The Bertz CT molecular complexity index is 1410. The number of aliphatic hydroxyl groups is 1. The highest BCUT2D eigenvalue weighted by Gasteiger charge is 2.49. The Morgan fingerprint density at radius 2 is 1.61 bits per heavy atom. The summed E-state index contributed by atoms with van der Waals surface area (Å²) < 4.78 is 25.1. The third-order valence-corrected chi connectivity index (χ3v) is 9.09. The standard InChI is InChI=1S/C25H26N2O5S.C7H12O/c1-30-21-11-9-17(14-22(21)31-2)25(29)18(12-15-6-4-3-5-7-15)23(24(28)32-25)16-8-10-19-20(13-16)27-33-26-19;8-6-7-4-2-1-3-5-7/h8-11,13-15,29H,3-7,12H2,1-2H3;6-7H,1-5H2. The molecule has 1 unspecified atom stereocenters. The van der Waals surface area contributed by atoms with Gasteiger partial charge in [0.1, 0.15) is 17.3 Å². The Kier molecular flexibility index (Phi) is 9.35. The lowest BCUT2D eigenvalue weighted by Gasteiger charge is -2.30. The number of rotatable bonds is 7. The van der Waals surface area contributed by atoms with Crippen LogP contribution in [0.1, 0.15) is 81.8 Å². The fraction of sp³-hybridized carbons (Fsp3) is 0.500. The van der Waals surface area contributed by atoms with Gasteiger partial charge in [0.05, 0.1) is 31.5 Å². The van der Waals surface area contributed by atoms with Crippen LogP contribution < -0.4 is 9.47 Å². The lowest BCUT2D eigenvalue weighted by atomic mass is 9.80. The van der Waals surface area contributed by atoms with Crippen LogP contribution in [0.25, 0.3) is 16.6 Å². The molecule has 9 heteroatoms. The van der Waals surface area contributed by atoms with Crippen LogP contribution in [0.15, 0.2) is 42.0 Å². The van der Waals surface area contributed by atoms with E-state index in [-0.39, 0.29) is 0 Å². The molecule has 1 atom stereocenters. The summed E-state index contributed by atoms with van der Waals surface area (Å²) in [5.41, 5.74) is 3.62. The highest BCUT2D eigenvalue weighted by Crippen LogP contribution is 2.48. The molecule has 0 bridgehead atoms. The Hall–Kier alpha value is -3.30. The quantitative estimate of drug-likeness (QED) is 0.247. The number of cyclic esters (lactones) is 1. The van der Waals surface area contributed by atoms with Crippen LogP contribution in [0.2, 0.25) is 0 Å². The molecule has 1 N–H and O–H groups in total. The number of nitrogens with zero attached hydrogens (tertiary/aromatic N) is 2. The highest BCUT2D eigenvalue weighted by molar-refractivity contribution is 7.00. The topological polar surface area (TPSA) is 108 Å². The minimum absolute atomic E-state index is 0.384. The van der Waals surface area contributed by atoms with Gasteiger partial charge < -0.3 is 24.1 Å². The maximum absolute atomic E-state index is 13.2. The van der Waals surface area contributed by atoms with Gasteiger partial charge in [-0.15, -0.1) is 0 Å². The Labute approximate surface area is 245 Å². The molecule has 2 fully saturated rings. The van der Waals surface area contributed by atoms with Crippen LogP contribution in [0.4, 0.5) is 0 Å². The summed E-state index contributed by atoms with van der Waals surface area (Å²) >= 11 is 1.13. The Morgan fingerprint density at radius 3 is 2.27 bits per heavy atom. The average Bonchev–Trinajstić information content (AvgIpc) is 3.59. The second kappa shape index (κ2) is 13.1. The van der Waals surface area contributed by atoms with Gasteiger partial charge >= 0.3 is 5.97 Å². The van der Waals surface area contributed by atoms with Crippen molar-refractivity contribution in [1.29, 1.82) is 0 Å². The zero-order chi connectivity index (χ0) is 28.8. The van der Waals surface area contributed by atoms with E-state index >= 15 is 0 Å². The van der Waals surface area contributed by atoms with Crippen molar-refractivity contribution in [2.45, 2.75) is 76.4 Å². The number of benzene rings is 2. The smallest absolute Gasteiger partial charge is 0.341 e. The van der Waals surface area contributed by atoms with E-state index in [1.165, 1.54) is 32.8 Å². The molecule has 3 aromatic rings. The van der Waals surface area contributed by atoms with Crippen LogP contribution in [0.5, 0.6) is 11.5 Å². The summed E-state index contributed by atoms with van der Waals surface area (Å²) in [5.74, 6) is -0.633. The van der Waals surface area contributed by atoms with Crippen molar-refractivity contribution in [2.75, 3.05) is 14.2 Å². The number of fused-ring (bicyclic) bond motifs is 1. The first-order chi connectivity index (χ1) is 20.0. The molecule has 3 aliphatic rings. The summed E-state index contributed by atoms with van der Waals surface area (Å²) in [5, 5.41) is 11.9. The number of carbonyl (C=O) groups is 2. The third-order valence-electron chi connectivity index (χ3n) is 8.53. The number of ether oxygens (including phenoxy) is 3. The van der Waals surface area contributed by atoms with Gasteiger partial charge in [-0.25, -0.2) is 4.79 Å². The molecule has 0 amide bonds. The molecule has 218 valence electrons. The number of aldehydes is 1. The molecule has 8 nitrogen and oxygen atoms in total. The van der Waals surface area contributed by atoms with Gasteiger partial charge in [0.15, 0.2) is 11.5 Å². The monoisotopic (exact) mass is 578 g/mol. The van der Waals surface area contributed by atoms with E-state index in [1.807, 2.05) is 18.2 Å². The predicted octanol–water partition coefficient (Wildman–Crippen LogP) is 6.60. The van der Waals surface area contributed by atoms with Crippen molar-refractivity contribution < 1.29 is 28.9 Å². The van der Waals surface area contributed by atoms with Crippen molar-refractivity contribution in [3.63, 3.8) is 0 Å². The second-order valence-electron chi connectivity index (χ2n) is 11.2. The normalized spacial score (nSPS) is 21.8. The van der Waals surface area contributed by atoms with Crippen LogP contribution in [0, 0.1) is 11.8 Å². The molecule has 0 spiro atoms. The summed E-state index contributed by atoms with van der Waals surface area (Å²) in [6, 6.07) is 10.6. The van der Waals surface area contributed by atoms with E-state index in [2.05, 4.69) is 8.75 Å².